The molecule has 0 aromatic carbocycles. The first kappa shape index (κ1) is 20.0. The molecule has 0 radical (unpaired) electrons. The lowest BCUT2D eigenvalue weighted by Gasteiger charge is -2.41. The Labute approximate surface area is 155 Å². The van der Waals surface area contributed by atoms with Crippen molar-refractivity contribution in [2.24, 2.45) is 23.2 Å². The van der Waals surface area contributed by atoms with E-state index in [0.717, 1.165) is 0 Å². The van der Waals surface area contributed by atoms with Gasteiger partial charge in [0.25, 0.3) is 0 Å². The van der Waals surface area contributed by atoms with Gasteiger partial charge in [-0.25, -0.2) is 9.59 Å². The van der Waals surface area contributed by atoms with E-state index in [9.17, 15) is 24.6 Å². The third kappa shape index (κ3) is 2.64. The number of carbonyl (C=O) groups excluding carboxylic acids is 1. The van der Waals surface area contributed by atoms with Crippen LogP contribution in [0.2, 0.25) is 0 Å². The third-order valence-electron chi connectivity index (χ3n) is 5.74. The van der Waals surface area contributed by atoms with Crippen molar-refractivity contribution in [2.45, 2.75) is 63.4 Å². The van der Waals surface area contributed by atoms with Crippen LogP contribution in [0.25, 0.3) is 0 Å². The lowest BCUT2D eigenvalue weighted by Crippen LogP contribution is -2.65. The van der Waals surface area contributed by atoms with Gasteiger partial charge in [0.15, 0.2) is 5.54 Å². The molecule has 6 atom stereocenters. The van der Waals surface area contributed by atoms with Crippen LogP contribution < -0.4 is 5.32 Å². The Morgan fingerprint density at radius 3 is 2.12 bits per heavy atom. The van der Waals surface area contributed by atoms with Crippen LogP contribution in [0.3, 0.4) is 0 Å². The molecule has 1 amide bonds. The molecule has 2 rings (SSSR count). The molecule has 0 saturated heterocycles. The molecular formula is C17H26BrNO6. The highest BCUT2D eigenvalue weighted by Gasteiger charge is 2.87. The van der Waals surface area contributed by atoms with Gasteiger partial charge in [-0.05, 0) is 39.5 Å². The fraction of sp³-hybridized carbons (Fsp3) is 0.824. The molecule has 0 bridgehead atoms. The number of nitrogens with one attached hydrogen (secondary N) is 1. The van der Waals surface area contributed by atoms with Gasteiger partial charge >= 0.3 is 18.0 Å². The molecule has 25 heavy (non-hydrogen) atoms. The van der Waals surface area contributed by atoms with Gasteiger partial charge in [-0.3, -0.25) is 4.79 Å². The first-order valence-corrected chi connectivity index (χ1v) is 9.43. The van der Waals surface area contributed by atoms with Crippen LogP contribution >= 0.6 is 15.9 Å². The van der Waals surface area contributed by atoms with Crippen molar-refractivity contribution >= 4 is 34.0 Å². The largest absolute Gasteiger partial charge is 0.481 e. The smallest absolute Gasteiger partial charge is 0.408 e. The summed E-state index contributed by atoms with van der Waals surface area (Å²) in [5, 5.41) is 22.3. The lowest BCUT2D eigenvalue weighted by molar-refractivity contribution is -0.153. The van der Waals surface area contributed by atoms with E-state index in [0.29, 0.717) is 12.8 Å². The van der Waals surface area contributed by atoms with E-state index in [1.54, 1.807) is 27.7 Å². The number of carbonyl (C=O) groups is 3. The number of alkyl carbamates (subject to hydrolysis) is 1. The number of ether oxygens (including phenoxy) is 1. The summed E-state index contributed by atoms with van der Waals surface area (Å²) in [6.45, 7) is 8.69. The Bertz CT molecular complexity index is 602. The number of hydrogen-bond acceptors (Lipinski definition) is 4. The molecule has 0 spiro atoms. The Morgan fingerprint density at radius 1 is 1.20 bits per heavy atom. The molecule has 7 nitrogen and oxygen atoms in total. The summed E-state index contributed by atoms with van der Waals surface area (Å²) in [5.41, 5.74) is -3.50. The highest BCUT2D eigenvalue weighted by Crippen LogP contribution is 2.77. The third-order valence-corrected chi connectivity index (χ3v) is 6.95. The number of halogens is 1. The average molecular weight is 420 g/mol. The minimum atomic E-state index is -1.68. The first-order valence-electron chi connectivity index (χ1n) is 8.52. The highest BCUT2D eigenvalue weighted by atomic mass is 79.9. The number of rotatable bonds is 5. The lowest BCUT2D eigenvalue weighted by atomic mass is 9.70. The number of carboxylic acid groups (broad SMARTS) is 2. The van der Waals surface area contributed by atoms with Crippen molar-refractivity contribution in [3.8, 4) is 0 Å². The van der Waals surface area contributed by atoms with Gasteiger partial charge in [0, 0.05) is 16.2 Å². The standard InChI is InChI=1S/C17H26BrNO6/c1-6-8-11(18)9-10(12(20)21)16(9,7-2)17(8,13(22)23)19-14(24)25-15(3,4)5/h8-11H,6-7H2,1-5H3,(H,19,24)(H,20,21)(H,22,23). The maximum absolute atomic E-state index is 12.4. The van der Waals surface area contributed by atoms with Crippen LogP contribution in [0, 0.1) is 23.2 Å². The molecule has 0 aromatic heterocycles. The summed E-state index contributed by atoms with van der Waals surface area (Å²) < 4.78 is 5.28. The second kappa shape index (κ2) is 6.14. The van der Waals surface area contributed by atoms with Gasteiger partial charge in [0.1, 0.15) is 5.60 Å². The molecule has 0 aromatic rings. The van der Waals surface area contributed by atoms with Crippen molar-refractivity contribution in [3.05, 3.63) is 0 Å². The van der Waals surface area contributed by atoms with Crippen LogP contribution in [-0.4, -0.2) is 44.2 Å². The maximum atomic E-state index is 12.4. The van der Waals surface area contributed by atoms with Gasteiger partial charge in [0.05, 0.1) is 5.92 Å². The van der Waals surface area contributed by atoms with Crippen LogP contribution in [0.15, 0.2) is 0 Å². The molecule has 2 aliphatic carbocycles. The SMILES string of the molecule is CCC1C(Br)C2C(C(=O)O)C2(CC)C1(NC(=O)OC(C)(C)C)C(=O)O. The van der Waals surface area contributed by atoms with Crippen molar-refractivity contribution in [2.75, 3.05) is 0 Å². The summed E-state index contributed by atoms with van der Waals surface area (Å²) in [5.74, 6) is -3.81. The van der Waals surface area contributed by atoms with Crippen molar-refractivity contribution in [3.63, 3.8) is 0 Å². The number of alkyl halides is 1. The van der Waals surface area contributed by atoms with Crippen molar-refractivity contribution < 1.29 is 29.3 Å². The Kier molecular flexibility index (Phi) is 4.92. The van der Waals surface area contributed by atoms with Gasteiger partial charge < -0.3 is 20.3 Å². The molecule has 3 N–H and O–H groups in total. The van der Waals surface area contributed by atoms with E-state index in [-0.39, 0.29) is 10.7 Å². The van der Waals surface area contributed by atoms with Gasteiger partial charge in [-0.2, -0.15) is 0 Å². The van der Waals surface area contributed by atoms with E-state index in [1.807, 2.05) is 6.92 Å². The maximum Gasteiger partial charge on any atom is 0.408 e. The molecule has 2 saturated carbocycles. The number of aliphatic carboxylic acids is 2. The fourth-order valence-corrected chi connectivity index (χ4v) is 6.55. The zero-order valence-corrected chi connectivity index (χ0v) is 16.7. The number of amides is 1. The van der Waals surface area contributed by atoms with Crippen molar-refractivity contribution in [1.29, 1.82) is 0 Å². The number of hydrogen-bond donors (Lipinski definition) is 3. The average Bonchev–Trinajstić information content (AvgIpc) is 3.09. The molecule has 2 aliphatic rings. The molecule has 8 heteroatoms. The van der Waals surface area contributed by atoms with E-state index >= 15 is 0 Å². The summed E-state index contributed by atoms with van der Waals surface area (Å²) in [7, 11) is 0. The minimum Gasteiger partial charge on any atom is -0.481 e. The number of fused-ring (bicyclic) bond motifs is 1. The quantitative estimate of drug-likeness (QED) is 0.590. The predicted octanol–water partition coefficient (Wildman–Crippen LogP) is 2.86. The molecule has 142 valence electrons. The van der Waals surface area contributed by atoms with E-state index in [4.69, 9.17) is 4.74 Å². The van der Waals surface area contributed by atoms with Crippen LogP contribution in [-0.2, 0) is 14.3 Å². The number of carboxylic acids is 2. The fourth-order valence-electron chi connectivity index (χ4n) is 5.00. The summed E-state index contributed by atoms with van der Waals surface area (Å²) >= 11 is 3.53. The normalized spacial score (nSPS) is 39.4. The molecule has 2 fully saturated rings. The summed E-state index contributed by atoms with van der Waals surface area (Å²) in [6.07, 6.45) is -0.00430. The predicted molar refractivity (Wildman–Crippen MR) is 93.6 cm³/mol. The summed E-state index contributed by atoms with van der Waals surface area (Å²) in [4.78, 5) is 36.3. The zero-order chi connectivity index (χ0) is 19.4. The zero-order valence-electron chi connectivity index (χ0n) is 15.1. The molecule has 6 unspecified atom stereocenters. The second-order valence-corrected chi connectivity index (χ2v) is 8.99. The van der Waals surface area contributed by atoms with E-state index in [1.165, 1.54) is 0 Å². The second-order valence-electron chi connectivity index (χ2n) is 7.93. The van der Waals surface area contributed by atoms with Gasteiger partial charge in [0.2, 0.25) is 0 Å². The van der Waals surface area contributed by atoms with Crippen LogP contribution in [0.5, 0.6) is 0 Å². The van der Waals surface area contributed by atoms with Gasteiger partial charge in [-0.1, -0.05) is 29.8 Å². The Balaban J connectivity index is 2.53. The Hall–Kier alpha value is -1.31. The van der Waals surface area contributed by atoms with E-state index in [2.05, 4.69) is 21.2 Å². The van der Waals surface area contributed by atoms with Crippen LogP contribution in [0.4, 0.5) is 4.79 Å². The Morgan fingerprint density at radius 2 is 1.76 bits per heavy atom. The van der Waals surface area contributed by atoms with E-state index < -0.39 is 46.4 Å². The minimum absolute atomic E-state index is 0.301. The topological polar surface area (TPSA) is 113 Å². The van der Waals surface area contributed by atoms with Crippen LogP contribution in [0.1, 0.15) is 47.5 Å². The monoisotopic (exact) mass is 419 g/mol. The highest BCUT2D eigenvalue weighted by molar-refractivity contribution is 9.09. The van der Waals surface area contributed by atoms with Gasteiger partial charge in [-0.15, -0.1) is 0 Å². The first-order chi connectivity index (χ1) is 11.4. The molecule has 0 aliphatic heterocycles. The summed E-state index contributed by atoms with van der Waals surface area (Å²) in [6, 6.07) is 0. The van der Waals surface area contributed by atoms with Crippen molar-refractivity contribution in [1.82, 2.24) is 5.32 Å². The molecule has 0 heterocycles. The molecular weight excluding hydrogens is 394 g/mol.